The molecule has 0 saturated heterocycles. The number of carbonyl (C=O) groups is 2. The highest BCUT2D eigenvalue weighted by molar-refractivity contribution is 5.96. The fourth-order valence-electron chi connectivity index (χ4n) is 1.70. The number of nitrogens with one attached hydrogen (secondary N) is 2. The van der Waals surface area contributed by atoms with E-state index in [9.17, 15) is 9.59 Å². The van der Waals surface area contributed by atoms with Crippen LogP contribution in [0.3, 0.4) is 0 Å². The number of hydrogen-bond donors (Lipinski definition) is 4. The number of carbonyl (C=O) groups excluding carboxylic acids is 2. The predicted molar refractivity (Wildman–Crippen MR) is 86.5 cm³/mol. The van der Waals surface area contributed by atoms with Crippen LogP contribution in [0.2, 0.25) is 0 Å². The first kappa shape index (κ1) is 17.6. The summed E-state index contributed by atoms with van der Waals surface area (Å²) in [5, 5.41) is 5.35. The molecule has 22 heavy (non-hydrogen) atoms. The van der Waals surface area contributed by atoms with Crippen molar-refractivity contribution < 1.29 is 14.3 Å². The van der Waals surface area contributed by atoms with Gasteiger partial charge in [-0.2, -0.15) is 0 Å². The van der Waals surface area contributed by atoms with Crippen molar-refractivity contribution in [3.63, 3.8) is 0 Å². The van der Waals surface area contributed by atoms with Gasteiger partial charge in [-0.1, -0.05) is 0 Å². The van der Waals surface area contributed by atoms with E-state index >= 15 is 0 Å². The van der Waals surface area contributed by atoms with Gasteiger partial charge >= 0.3 is 6.09 Å². The summed E-state index contributed by atoms with van der Waals surface area (Å²) in [4.78, 5) is 23.3. The molecule has 0 bridgehead atoms. The molecule has 0 aromatic heterocycles. The Kier molecular flexibility index (Phi) is 6.03. The summed E-state index contributed by atoms with van der Waals surface area (Å²) in [6.45, 7) is 6.22. The van der Waals surface area contributed by atoms with E-state index in [1.807, 2.05) is 0 Å². The lowest BCUT2D eigenvalue weighted by Crippen LogP contribution is -2.34. The van der Waals surface area contributed by atoms with Gasteiger partial charge in [0.25, 0.3) is 5.91 Å². The molecule has 7 nitrogen and oxygen atoms in total. The molecule has 0 atom stereocenters. The maximum atomic E-state index is 11.9. The highest BCUT2D eigenvalue weighted by Crippen LogP contribution is 2.13. The minimum Gasteiger partial charge on any atom is -0.444 e. The number of ether oxygens (including phenoxy) is 1. The molecule has 0 spiro atoms. The second-order valence-corrected chi connectivity index (χ2v) is 5.93. The average molecular weight is 308 g/mol. The Hall–Kier alpha value is -2.44. The molecule has 7 heteroatoms. The standard InChI is InChI=1S/C15H24N4O3/c1-15(2,3)22-14(21)19-6-4-5-18-13(20)10-7-11(16)9-12(17)8-10/h7-9H,4-6,16-17H2,1-3H3,(H,18,20)(H,19,21). The summed E-state index contributed by atoms with van der Waals surface area (Å²) >= 11 is 0. The minimum atomic E-state index is -0.522. The Labute approximate surface area is 130 Å². The third-order valence-electron chi connectivity index (χ3n) is 2.55. The average Bonchev–Trinajstić information content (AvgIpc) is 2.34. The van der Waals surface area contributed by atoms with Crippen molar-refractivity contribution in [3.05, 3.63) is 23.8 Å². The van der Waals surface area contributed by atoms with E-state index in [2.05, 4.69) is 10.6 Å². The molecule has 0 unspecified atom stereocenters. The van der Waals surface area contributed by atoms with E-state index in [1.54, 1.807) is 39.0 Å². The number of benzene rings is 1. The third-order valence-corrected chi connectivity index (χ3v) is 2.55. The van der Waals surface area contributed by atoms with Crippen LogP contribution in [0.5, 0.6) is 0 Å². The maximum Gasteiger partial charge on any atom is 0.407 e. The van der Waals surface area contributed by atoms with Gasteiger partial charge in [0.2, 0.25) is 0 Å². The fourth-order valence-corrected chi connectivity index (χ4v) is 1.70. The van der Waals surface area contributed by atoms with Gasteiger partial charge in [-0.25, -0.2) is 4.79 Å². The lowest BCUT2D eigenvalue weighted by atomic mass is 10.1. The van der Waals surface area contributed by atoms with Gasteiger partial charge in [-0.3, -0.25) is 4.79 Å². The molecule has 0 aliphatic heterocycles. The van der Waals surface area contributed by atoms with E-state index < -0.39 is 11.7 Å². The van der Waals surface area contributed by atoms with Crippen LogP contribution >= 0.6 is 0 Å². The van der Waals surface area contributed by atoms with Gasteiger partial charge in [-0.05, 0) is 45.4 Å². The number of nitrogens with two attached hydrogens (primary N) is 2. The predicted octanol–water partition coefficient (Wildman–Crippen LogP) is 1.50. The number of nitrogen functional groups attached to an aromatic ring is 2. The van der Waals surface area contributed by atoms with E-state index in [1.165, 1.54) is 0 Å². The molecular formula is C15H24N4O3. The van der Waals surface area contributed by atoms with Gasteiger partial charge in [-0.15, -0.1) is 0 Å². The molecule has 0 fully saturated rings. The number of rotatable bonds is 5. The zero-order valence-corrected chi connectivity index (χ0v) is 13.2. The molecule has 2 amide bonds. The molecule has 1 aromatic carbocycles. The molecule has 6 N–H and O–H groups in total. The van der Waals surface area contributed by atoms with Crippen LogP contribution < -0.4 is 22.1 Å². The second kappa shape index (κ2) is 7.53. The fraction of sp³-hybridized carbons (Fsp3) is 0.467. The van der Waals surface area contributed by atoms with Crippen LogP contribution in [0.1, 0.15) is 37.6 Å². The highest BCUT2D eigenvalue weighted by Gasteiger charge is 2.15. The first-order valence-corrected chi connectivity index (χ1v) is 7.08. The molecule has 0 radical (unpaired) electrons. The zero-order chi connectivity index (χ0) is 16.8. The third kappa shape index (κ3) is 6.83. The van der Waals surface area contributed by atoms with Crippen LogP contribution in [-0.2, 0) is 4.74 Å². The molecule has 1 aromatic rings. The van der Waals surface area contributed by atoms with Crippen molar-refractivity contribution in [2.24, 2.45) is 0 Å². The summed E-state index contributed by atoms with van der Waals surface area (Å²) in [7, 11) is 0. The Bertz CT molecular complexity index is 518. The lowest BCUT2D eigenvalue weighted by molar-refractivity contribution is 0.0527. The summed E-state index contributed by atoms with van der Waals surface area (Å²) in [6.07, 6.45) is 0.116. The Morgan fingerprint density at radius 3 is 2.14 bits per heavy atom. The summed E-state index contributed by atoms with van der Waals surface area (Å²) in [6, 6.07) is 4.71. The SMILES string of the molecule is CC(C)(C)OC(=O)NCCCNC(=O)c1cc(N)cc(N)c1. The van der Waals surface area contributed by atoms with Crippen LogP contribution in [0, 0.1) is 0 Å². The van der Waals surface area contributed by atoms with E-state index in [4.69, 9.17) is 16.2 Å². The molecular weight excluding hydrogens is 284 g/mol. The number of hydrogen-bond acceptors (Lipinski definition) is 5. The van der Waals surface area contributed by atoms with Crippen LogP contribution in [0.4, 0.5) is 16.2 Å². The Morgan fingerprint density at radius 1 is 1.05 bits per heavy atom. The Morgan fingerprint density at radius 2 is 1.59 bits per heavy atom. The van der Waals surface area contributed by atoms with Gasteiger partial charge < -0.3 is 26.8 Å². The highest BCUT2D eigenvalue weighted by atomic mass is 16.6. The van der Waals surface area contributed by atoms with Crippen molar-refractivity contribution in [2.75, 3.05) is 24.6 Å². The molecule has 0 saturated carbocycles. The van der Waals surface area contributed by atoms with E-state index in [-0.39, 0.29) is 5.91 Å². The lowest BCUT2D eigenvalue weighted by Gasteiger charge is -2.19. The molecule has 0 aliphatic rings. The van der Waals surface area contributed by atoms with Gasteiger partial charge in [0, 0.05) is 30.0 Å². The first-order chi connectivity index (χ1) is 10.2. The van der Waals surface area contributed by atoms with Crippen LogP contribution in [0.15, 0.2) is 18.2 Å². The largest absolute Gasteiger partial charge is 0.444 e. The monoisotopic (exact) mass is 308 g/mol. The van der Waals surface area contributed by atoms with E-state index in [0.717, 1.165) is 0 Å². The molecule has 0 aliphatic carbocycles. The summed E-state index contributed by atoms with van der Waals surface area (Å²) in [5.74, 6) is -0.253. The second-order valence-electron chi connectivity index (χ2n) is 5.93. The van der Waals surface area contributed by atoms with Crippen molar-refractivity contribution in [2.45, 2.75) is 32.8 Å². The van der Waals surface area contributed by atoms with Crippen LogP contribution in [-0.4, -0.2) is 30.7 Å². The van der Waals surface area contributed by atoms with Crippen LogP contribution in [0.25, 0.3) is 0 Å². The molecule has 0 heterocycles. The number of anilines is 2. The van der Waals surface area contributed by atoms with Gasteiger partial charge in [0.05, 0.1) is 0 Å². The number of amides is 2. The smallest absolute Gasteiger partial charge is 0.407 e. The zero-order valence-electron chi connectivity index (χ0n) is 13.2. The quantitative estimate of drug-likeness (QED) is 0.485. The topological polar surface area (TPSA) is 119 Å². The van der Waals surface area contributed by atoms with Crippen molar-refractivity contribution in [1.29, 1.82) is 0 Å². The normalized spacial score (nSPS) is 10.9. The van der Waals surface area contributed by atoms with Gasteiger partial charge in [0.1, 0.15) is 5.60 Å². The molecule has 122 valence electrons. The maximum absolute atomic E-state index is 11.9. The van der Waals surface area contributed by atoms with Gasteiger partial charge in [0.15, 0.2) is 0 Å². The summed E-state index contributed by atoms with van der Waals surface area (Å²) in [5.41, 5.74) is 12.0. The molecule has 1 rings (SSSR count). The summed E-state index contributed by atoms with van der Waals surface area (Å²) < 4.78 is 5.10. The van der Waals surface area contributed by atoms with E-state index in [0.29, 0.717) is 36.4 Å². The minimum absolute atomic E-state index is 0.253. The van der Waals surface area contributed by atoms with Crippen molar-refractivity contribution in [1.82, 2.24) is 10.6 Å². The van der Waals surface area contributed by atoms with Crippen molar-refractivity contribution >= 4 is 23.4 Å². The Balaban J connectivity index is 2.27. The number of alkyl carbamates (subject to hydrolysis) is 1. The first-order valence-electron chi connectivity index (χ1n) is 7.08. The van der Waals surface area contributed by atoms with Crippen molar-refractivity contribution in [3.8, 4) is 0 Å².